The molecule has 5 rings (SSSR count). The van der Waals surface area contributed by atoms with Crippen molar-refractivity contribution in [2.24, 2.45) is 5.92 Å². The number of carbonyl (C=O) groups excluding carboxylic acids is 2. The van der Waals surface area contributed by atoms with Gasteiger partial charge in [-0.15, -0.1) is 0 Å². The molecule has 0 aliphatic heterocycles. The van der Waals surface area contributed by atoms with E-state index in [4.69, 9.17) is 5.10 Å². The normalized spacial score (nSPS) is 12.9. The number of benzene rings is 3. The number of para-hydroxylation sites is 1. The lowest BCUT2D eigenvalue weighted by Gasteiger charge is -2.09. The van der Waals surface area contributed by atoms with Gasteiger partial charge in [-0.05, 0) is 55.7 Å². The Bertz CT molecular complexity index is 1320. The number of nitrogens with zero attached hydrogens (tertiary/aromatic N) is 2. The maximum Gasteiger partial charge on any atom is 0.259 e. The minimum absolute atomic E-state index is 0.0319. The number of nitrogens with one attached hydrogen (secondary N) is 2. The predicted octanol–water partition coefficient (Wildman–Crippen LogP) is 5.45. The Morgan fingerprint density at radius 1 is 0.879 bits per heavy atom. The van der Waals surface area contributed by atoms with Crippen LogP contribution in [0.25, 0.3) is 16.9 Å². The lowest BCUT2D eigenvalue weighted by Crippen LogP contribution is -2.15. The standard InChI is InChI=1S/C27H24N4O2/c1-18-8-5-6-13-23(18)25-24(17-31(30-25)22-11-3-2-4-12-22)27(33)29-21-10-7-9-20(16-21)28-26(32)19-14-15-19/h2-13,16-17,19H,14-15H2,1H3,(H,28,32)(H,29,33). The Hall–Kier alpha value is -4.19. The average molecular weight is 437 g/mol. The summed E-state index contributed by atoms with van der Waals surface area (Å²) in [5, 5.41) is 10.6. The van der Waals surface area contributed by atoms with Crippen LogP contribution in [0, 0.1) is 12.8 Å². The minimum Gasteiger partial charge on any atom is -0.326 e. The van der Waals surface area contributed by atoms with E-state index in [2.05, 4.69) is 10.6 Å². The van der Waals surface area contributed by atoms with Crippen LogP contribution in [-0.4, -0.2) is 21.6 Å². The third kappa shape index (κ3) is 4.55. The Balaban J connectivity index is 1.46. The molecule has 1 saturated carbocycles. The molecule has 0 saturated heterocycles. The summed E-state index contributed by atoms with van der Waals surface area (Å²) in [7, 11) is 0. The predicted molar refractivity (Wildman–Crippen MR) is 129 cm³/mol. The van der Waals surface area contributed by atoms with Gasteiger partial charge < -0.3 is 10.6 Å². The van der Waals surface area contributed by atoms with E-state index in [1.165, 1.54) is 0 Å². The van der Waals surface area contributed by atoms with E-state index in [0.29, 0.717) is 22.6 Å². The van der Waals surface area contributed by atoms with Gasteiger partial charge >= 0.3 is 0 Å². The molecule has 1 heterocycles. The van der Waals surface area contributed by atoms with Crippen LogP contribution in [0.15, 0.2) is 85.1 Å². The van der Waals surface area contributed by atoms with Crippen molar-refractivity contribution >= 4 is 23.2 Å². The summed E-state index contributed by atoms with van der Waals surface area (Å²) in [6.45, 7) is 2.00. The van der Waals surface area contributed by atoms with Crippen LogP contribution in [0.2, 0.25) is 0 Å². The summed E-state index contributed by atoms with van der Waals surface area (Å²) >= 11 is 0. The van der Waals surface area contributed by atoms with E-state index in [1.54, 1.807) is 23.0 Å². The SMILES string of the molecule is Cc1ccccc1-c1nn(-c2ccccc2)cc1C(=O)Nc1cccc(NC(=O)C2CC2)c1. The minimum atomic E-state index is -0.263. The van der Waals surface area contributed by atoms with Gasteiger partial charge in [-0.1, -0.05) is 48.5 Å². The van der Waals surface area contributed by atoms with Gasteiger partial charge in [-0.3, -0.25) is 9.59 Å². The molecule has 6 nitrogen and oxygen atoms in total. The Morgan fingerprint density at radius 2 is 1.58 bits per heavy atom. The zero-order valence-corrected chi connectivity index (χ0v) is 18.3. The molecule has 1 aliphatic carbocycles. The van der Waals surface area contributed by atoms with Crippen LogP contribution in [0.3, 0.4) is 0 Å². The first-order valence-corrected chi connectivity index (χ1v) is 11.0. The highest BCUT2D eigenvalue weighted by molar-refractivity contribution is 6.08. The molecule has 2 N–H and O–H groups in total. The molecule has 0 spiro atoms. The highest BCUT2D eigenvalue weighted by Crippen LogP contribution is 2.31. The largest absolute Gasteiger partial charge is 0.326 e. The second-order valence-corrected chi connectivity index (χ2v) is 8.28. The van der Waals surface area contributed by atoms with E-state index < -0.39 is 0 Å². The number of amides is 2. The molecule has 1 fully saturated rings. The number of carbonyl (C=O) groups is 2. The summed E-state index contributed by atoms with van der Waals surface area (Å²) in [4.78, 5) is 25.5. The summed E-state index contributed by atoms with van der Waals surface area (Å²) in [5.41, 5.74) is 5.18. The molecule has 0 unspecified atom stereocenters. The van der Waals surface area contributed by atoms with Gasteiger partial charge in [-0.25, -0.2) is 4.68 Å². The Labute approximate surface area is 192 Å². The van der Waals surface area contributed by atoms with E-state index in [9.17, 15) is 9.59 Å². The highest BCUT2D eigenvalue weighted by atomic mass is 16.2. The van der Waals surface area contributed by atoms with Crippen molar-refractivity contribution < 1.29 is 9.59 Å². The van der Waals surface area contributed by atoms with Crippen LogP contribution >= 0.6 is 0 Å². The maximum absolute atomic E-state index is 13.4. The van der Waals surface area contributed by atoms with Crippen LogP contribution < -0.4 is 10.6 Å². The fourth-order valence-corrected chi connectivity index (χ4v) is 3.75. The summed E-state index contributed by atoms with van der Waals surface area (Å²) in [6.07, 6.45) is 3.63. The summed E-state index contributed by atoms with van der Waals surface area (Å²) < 4.78 is 1.73. The number of hydrogen-bond acceptors (Lipinski definition) is 3. The summed E-state index contributed by atoms with van der Waals surface area (Å²) in [6, 6.07) is 24.8. The molecule has 0 atom stereocenters. The number of anilines is 2. The lowest BCUT2D eigenvalue weighted by molar-refractivity contribution is -0.117. The fourth-order valence-electron chi connectivity index (χ4n) is 3.75. The van der Waals surface area contributed by atoms with Gasteiger partial charge in [0.15, 0.2) is 0 Å². The van der Waals surface area contributed by atoms with Gasteiger partial charge in [0.2, 0.25) is 5.91 Å². The smallest absolute Gasteiger partial charge is 0.259 e. The van der Waals surface area contributed by atoms with E-state index >= 15 is 0 Å². The van der Waals surface area contributed by atoms with Gasteiger partial charge in [0, 0.05) is 29.1 Å². The summed E-state index contributed by atoms with van der Waals surface area (Å²) in [5.74, 6) is -0.116. The van der Waals surface area contributed by atoms with E-state index in [1.807, 2.05) is 73.7 Å². The third-order valence-electron chi connectivity index (χ3n) is 5.72. The molecule has 33 heavy (non-hydrogen) atoms. The van der Waals surface area contributed by atoms with Crippen molar-refractivity contribution in [2.75, 3.05) is 10.6 Å². The Kier molecular flexibility index (Phi) is 5.48. The molecular weight excluding hydrogens is 412 g/mol. The van der Waals surface area contributed by atoms with Gasteiger partial charge in [0.25, 0.3) is 5.91 Å². The van der Waals surface area contributed by atoms with Crippen LogP contribution in [0.4, 0.5) is 11.4 Å². The monoisotopic (exact) mass is 436 g/mol. The van der Waals surface area contributed by atoms with Crippen LogP contribution in [0.1, 0.15) is 28.8 Å². The number of rotatable bonds is 6. The second-order valence-electron chi connectivity index (χ2n) is 8.28. The molecule has 0 bridgehead atoms. The number of aromatic nitrogens is 2. The third-order valence-corrected chi connectivity index (χ3v) is 5.72. The zero-order valence-electron chi connectivity index (χ0n) is 18.3. The average Bonchev–Trinajstić information content (AvgIpc) is 3.59. The molecule has 0 radical (unpaired) electrons. The van der Waals surface area contributed by atoms with E-state index in [0.717, 1.165) is 29.7 Å². The van der Waals surface area contributed by atoms with Gasteiger partial charge in [0.1, 0.15) is 5.69 Å². The van der Waals surface area contributed by atoms with E-state index in [-0.39, 0.29) is 17.7 Å². The maximum atomic E-state index is 13.4. The molecule has 3 aromatic carbocycles. The first-order chi connectivity index (χ1) is 16.1. The number of aryl methyl sites for hydroxylation is 1. The van der Waals surface area contributed by atoms with Crippen molar-refractivity contribution in [3.05, 3.63) is 96.2 Å². The van der Waals surface area contributed by atoms with Crippen LogP contribution in [-0.2, 0) is 4.79 Å². The van der Waals surface area contributed by atoms with Crippen molar-refractivity contribution in [1.82, 2.24) is 9.78 Å². The highest BCUT2D eigenvalue weighted by Gasteiger charge is 2.29. The molecule has 164 valence electrons. The molecule has 1 aromatic heterocycles. The van der Waals surface area contributed by atoms with Crippen molar-refractivity contribution in [2.45, 2.75) is 19.8 Å². The molecule has 1 aliphatic rings. The molecular formula is C27H24N4O2. The van der Waals surface area contributed by atoms with Gasteiger partial charge in [-0.2, -0.15) is 5.10 Å². The quantitative estimate of drug-likeness (QED) is 0.422. The van der Waals surface area contributed by atoms with Crippen molar-refractivity contribution in [3.8, 4) is 16.9 Å². The van der Waals surface area contributed by atoms with Crippen molar-refractivity contribution in [1.29, 1.82) is 0 Å². The van der Waals surface area contributed by atoms with Crippen molar-refractivity contribution in [3.63, 3.8) is 0 Å². The fraction of sp³-hybridized carbons (Fsp3) is 0.148. The first kappa shape index (κ1) is 20.7. The van der Waals surface area contributed by atoms with Gasteiger partial charge in [0.05, 0.1) is 11.3 Å². The first-order valence-electron chi connectivity index (χ1n) is 11.0. The van der Waals surface area contributed by atoms with Crippen LogP contribution in [0.5, 0.6) is 0 Å². The molecule has 4 aromatic rings. The number of hydrogen-bond donors (Lipinski definition) is 2. The zero-order chi connectivity index (χ0) is 22.8. The topological polar surface area (TPSA) is 76.0 Å². The lowest BCUT2D eigenvalue weighted by atomic mass is 10.0. The Morgan fingerprint density at radius 3 is 2.30 bits per heavy atom. The molecule has 6 heteroatoms. The molecule has 2 amide bonds. The second kappa shape index (κ2) is 8.74.